The van der Waals surface area contributed by atoms with Gasteiger partial charge >= 0.3 is 0 Å². The van der Waals surface area contributed by atoms with Gasteiger partial charge in [0.05, 0.1) is 6.20 Å². The van der Waals surface area contributed by atoms with Gasteiger partial charge in [0.1, 0.15) is 17.4 Å². The number of amides is 1. The molecule has 204 valence electrons. The van der Waals surface area contributed by atoms with E-state index in [2.05, 4.69) is 19.2 Å². The zero-order chi connectivity index (χ0) is 28.4. The molecule has 1 spiro atoms. The largest absolute Gasteiger partial charge is 0.325 e. The fraction of sp³-hybridized carbons (Fsp3) is 0.343. The van der Waals surface area contributed by atoms with Gasteiger partial charge in [-0.1, -0.05) is 101 Å². The second-order valence-electron chi connectivity index (χ2n) is 13.0. The minimum absolute atomic E-state index is 0.0136. The first kappa shape index (κ1) is 26.4. The molecular weight excluding hydrogens is 496 g/mol. The number of carbonyl (C=O) groups excluding carboxylic acids is 3. The number of anilines is 1. The molecule has 1 unspecified atom stereocenters. The Balaban J connectivity index is 1.62. The number of hydrogen-bond acceptors (Lipinski definition) is 3. The molecule has 5 atom stereocenters. The molecule has 1 saturated heterocycles. The summed E-state index contributed by atoms with van der Waals surface area (Å²) in [6.07, 6.45) is 4.96. The number of benzene rings is 3. The van der Waals surface area contributed by atoms with Crippen LogP contribution in [0.25, 0.3) is 6.08 Å². The average Bonchev–Trinajstić information content (AvgIpc) is 3.40. The Morgan fingerprint density at radius 3 is 2.33 bits per heavy atom. The van der Waals surface area contributed by atoms with Crippen molar-refractivity contribution in [3.63, 3.8) is 0 Å². The summed E-state index contributed by atoms with van der Waals surface area (Å²) in [5.74, 6) is -0.757. The Morgan fingerprint density at radius 1 is 0.950 bits per heavy atom. The van der Waals surface area contributed by atoms with Crippen molar-refractivity contribution in [1.82, 2.24) is 0 Å². The summed E-state index contributed by atoms with van der Waals surface area (Å²) in [6, 6.07) is 22.3. The van der Waals surface area contributed by atoms with Crippen molar-refractivity contribution in [2.24, 2.45) is 17.3 Å². The number of rotatable bonds is 5. The lowest BCUT2D eigenvalue weighted by Crippen LogP contribution is -3.12. The van der Waals surface area contributed by atoms with E-state index in [0.29, 0.717) is 17.2 Å². The highest BCUT2D eigenvalue weighted by molar-refractivity contribution is 6.14. The smallest absolute Gasteiger partial charge is 0.242 e. The van der Waals surface area contributed by atoms with Crippen LogP contribution in [0.15, 0.2) is 79.0 Å². The number of fused-ring (bicyclic) bond motifs is 6. The van der Waals surface area contributed by atoms with Crippen molar-refractivity contribution >= 4 is 29.2 Å². The van der Waals surface area contributed by atoms with E-state index in [9.17, 15) is 14.4 Å². The Morgan fingerprint density at radius 2 is 1.62 bits per heavy atom. The van der Waals surface area contributed by atoms with Crippen molar-refractivity contribution in [2.45, 2.75) is 58.5 Å². The van der Waals surface area contributed by atoms with Crippen LogP contribution in [0.1, 0.15) is 73.3 Å². The molecule has 1 amide bonds. The van der Waals surface area contributed by atoms with E-state index in [4.69, 9.17) is 0 Å². The topological polar surface area (TPSA) is 67.7 Å². The Kier molecular flexibility index (Phi) is 6.19. The maximum atomic E-state index is 14.8. The zero-order valence-corrected chi connectivity index (χ0v) is 23.8. The van der Waals surface area contributed by atoms with Gasteiger partial charge < -0.3 is 5.32 Å². The summed E-state index contributed by atoms with van der Waals surface area (Å²) in [5.41, 5.74) is 3.27. The summed E-state index contributed by atoms with van der Waals surface area (Å²) in [4.78, 5) is 44.5. The lowest BCUT2D eigenvalue weighted by Gasteiger charge is -2.34. The van der Waals surface area contributed by atoms with Crippen molar-refractivity contribution < 1.29 is 19.3 Å². The van der Waals surface area contributed by atoms with Crippen molar-refractivity contribution in [2.75, 3.05) is 5.32 Å². The number of hydrogen-bond donors (Lipinski definition) is 2. The van der Waals surface area contributed by atoms with Crippen LogP contribution in [-0.4, -0.2) is 23.5 Å². The molecule has 6 rings (SSSR count). The van der Waals surface area contributed by atoms with Crippen LogP contribution in [0, 0.1) is 17.3 Å². The maximum absolute atomic E-state index is 14.8. The van der Waals surface area contributed by atoms with Crippen LogP contribution in [0.4, 0.5) is 5.69 Å². The van der Waals surface area contributed by atoms with Gasteiger partial charge in [0.25, 0.3) is 0 Å². The third kappa shape index (κ3) is 3.82. The monoisotopic (exact) mass is 533 g/mol. The zero-order valence-electron chi connectivity index (χ0n) is 23.8. The third-order valence-electron chi connectivity index (χ3n) is 8.92. The lowest BCUT2D eigenvalue weighted by molar-refractivity contribution is -0.885. The molecule has 3 aliphatic heterocycles. The molecular formula is C35H37N2O3+. The van der Waals surface area contributed by atoms with Crippen molar-refractivity contribution in [3.8, 4) is 0 Å². The van der Waals surface area contributed by atoms with Gasteiger partial charge in [0.15, 0.2) is 17.6 Å². The quantitative estimate of drug-likeness (QED) is 0.444. The second kappa shape index (κ2) is 9.38. The second-order valence-corrected chi connectivity index (χ2v) is 13.0. The van der Waals surface area contributed by atoms with Gasteiger partial charge in [-0.05, 0) is 41.2 Å². The lowest BCUT2D eigenvalue weighted by atomic mass is 9.62. The van der Waals surface area contributed by atoms with Crippen LogP contribution in [0.5, 0.6) is 0 Å². The number of para-hydroxylation sites is 1. The van der Waals surface area contributed by atoms with E-state index in [1.807, 2.05) is 106 Å². The molecule has 3 aromatic rings. The minimum atomic E-state index is -1.24. The highest BCUT2D eigenvalue weighted by Crippen LogP contribution is 2.56. The molecule has 3 aliphatic rings. The van der Waals surface area contributed by atoms with E-state index >= 15 is 0 Å². The first-order valence-electron chi connectivity index (χ1n) is 14.3. The summed E-state index contributed by atoms with van der Waals surface area (Å²) >= 11 is 0. The number of quaternary nitrogens is 1. The Bertz CT molecular complexity index is 1550. The van der Waals surface area contributed by atoms with E-state index in [1.54, 1.807) is 0 Å². The third-order valence-corrected chi connectivity index (χ3v) is 8.92. The van der Waals surface area contributed by atoms with Gasteiger partial charge in [-0.3, -0.25) is 19.3 Å². The molecule has 0 radical (unpaired) electrons. The standard InChI is InChI=1S/C35H36N2O3/c1-21(2)20-22-14-16-24(17-15-22)30(38)28-29(32(39)34(3,4)5)37-19-18-23-10-6-7-11-25(23)31(37)35(28)26-12-8-9-13-27(26)36-33(35)40/h6-19,21,28-29,31H,20H2,1-5H3,(H,36,40)/p+1/t28-,29-,31-,35-/m1/s1. The van der Waals surface area contributed by atoms with E-state index in [-0.39, 0.29) is 17.5 Å². The van der Waals surface area contributed by atoms with Gasteiger partial charge in [0.2, 0.25) is 5.91 Å². The van der Waals surface area contributed by atoms with Crippen LogP contribution in [0.3, 0.4) is 0 Å². The number of nitrogens with one attached hydrogen (secondary N) is 2. The molecule has 3 aromatic carbocycles. The van der Waals surface area contributed by atoms with E-state index in [0.717, 1.165) is 28.0 Å². The molecule has 0 aliphatic carbocycles. The fourth-order valence-electron chi connectivity index (χ4n) is 7.29. The number of Topliss-reactive ketones (excluding diaryl/α,β-unsaturated/α-hetero) is 2. The maximum Gasteiger partial charge on any atom is 0.242 e. The van der Waals surface area contributed by atoms with E-state index in [1.165, 1.54) is 5.56 Å². The van der Waals surface area contributed by atoms with E-state index < -0.39 is 28.8 Å². The Labute approximate surface area is 236 Å². The molecule has 3 heterocycles. The molecule has 0 saturated carbocycles. The summed E-state index contributed by atoms with van der Waals surface area (Å²) in [6.45, 7) is 10.1. The molecule has 40 heavy (non-hydrogen) atoms. The van der Waals surface area contributed by atoms with Gasteiger partial charge in [-0.15, -0.1) is 0 Å². The van der Waals surface area contributed by atoms with Crippen LogP contribution < -0.4 is 10.2 Å². The highest BCUT2D eigenvalue weighted by atomic mass is 16.2. The highest BCUT2D eigenvalue weighted by Gasteiger charge is 2.74. The Hall–Kier alpha value is -3.83. The first-order chi connectivity index (χ1) is 19.0. The summed E-state index contributed by atoms with van der Waals surface area (Å²) in [5, 5.41) is 3.12. The van der Waals surface area contributed by atoms with Gasteiger partial charge in [0, 0.05) is 22.2 Å². The molecule has 5 heteroatoms. The predicted molar refractivity (Wildman–Crippen MR) is 157 cm³/mol. The fourth-order valence-corrected chi connectivity index (χ4v) is 7.29. The molecule has 0 bridgehead atoms. The first-order valence-corrected chi connectivity index (χ1v) is 14.3. The summed E-state index contributed by atoms with van der Waals surface area (Å²) < 4.78 is 0. The van der Waals surface area contributed by atoms with Gasteiger partial charge in [-0.2, -0.15) is 0 Å². The molecule has 2 N–H and O–H groups in total. The van der Waals surface area contributed by atoms with Crippen LogP contribution in [0.2, 0.25) is 0 Å². The van der Waals surface area contributed by atoms with Gasteiger partial charge in [-0.25, -0.2) is 0 Å². The number of ketones is 2. The van der Waals surface area contributed by atoms with Crippen molar-refractivity contribution in [3.05, 3.63) is 107 Å². The average molecular weight is 534 g/mol. The molecule has 0 aromatic heterocycles. The molecule has 5 nitrogen and oxygen atoms in total. The predicted octanol–water partition coefficient (Wildman–Crippen LogP) is 5.18. The van der Waals surface area contributed by atoms with Crippen LogP contribution in [-0.2, 0) is 21.4 Å². The SMILES string of the molecule is CC(C)Cc1ccc(C(=O)[C@H]2[C@H](C(=O)C(C)(C)C)[NH+]3C=Cc4ccccc4[C@@H]3[C@]23C(=O)Nc2ccccc23)cc1. The summed E-state index contributed by atoms with van der Waals surface area (Å²) in [7, 11) is 0. The van der Waals surface area contributed by atoms with Crippen LogP contribution >= 0.6 is 0 Å². The number of carbonyl (C=O) groups is 3. The normalized spacial score (nSPS) is 26.4. The minimum Gasteiger partial charge on any atom is -0.325 e. The van der Waals surface area contributed by atoms with Crippen molar-refractivity contribution in [1.29, 1.82) is 0 Å². The molecule has 1 fully saturated rings.